The fourth-order valence-electron chi connectivity index (χ4n) is 6.66. The van der Waals surface area contributed by atoms with Crippen molar-refractivity contribution in [3.63, 3.8) is 0 Å². The summed E-state index contributed by atoms with van der Waals surface area (Å²) in [4.78, 5) is 7.17. The van der Waals surface area contributed by atoms with Crippen LogP contribution < -0.4 is 4.90 Å². The predicted octanol–water partition coefficient (Wildman–Crippen LogP) is 9.95. The lowest BCUT2D eigenvalue weighted by molar-refractivity contribution is 0.661. The van der Waals surface area contributed by atoms with Gasteiger partial charge in [-0.2, -0.15) is 0 Å². The van der Waals surface area contributed by atoms with Crippen LogP contribution >= 0.6 is 0 Å². The van der Waals surface area contributed by atoms with E-state index in [-0.39, 0.29) is 5.41 Å². The lowest BCUT2D eigenvalue weighted by Gasteiger charge is -2.25. The van der Waals surface area contributed by atoms with Crippen LogP contribution in [0.1, 0.15) is 25.0 Å². The largest absolute Gasteiger partial charge is 0.311 e. The molecule has 0 amide bonds. The van der Waals surface area contributed by atoms with Gasteiger partial charge < -0.3 is 9.47 Å². The van der Waals surface area contributed by atoms with Crippen LogP contribution in [0.25, 0.3) is 38.8 Å². The Morgan fingerprint density at radius 1 is 0.561 bits per heavy atom. The number of hydrogen-bond donors (Lipinski definition) is 0. The summed E-state index contributed by atoms with van der Waals surface area (Å²) in [5.41, 5.74) is 13.2. The first kappa shape index (κ1) is 23.7. The first-order valence-corrected chi connectivity index (χ1v) is 14.2. The zero-order valence-electron chi connectivity index (χ0n) is 23.1. The Balaban J connectivity index is 1.32. The molecule has 2 aromatic heterocycles. The minimum atomic E-state index is -0.0523. The number of nitrogens with zero attached hydrogens (tertiary/aromatic N) is 3. The highest BCUT2D eigenvalue weighted by Crippen LogP contribution is 2.50. The number of benzene rings is 5. The Labute approximate surface area is 240 Å². The molecule has 0 saturated heterocycles. The fourth-order valence-corrected chi connectivity index (χ4v) is 6.66. The van der Waals surface area contributed by atoms with Crippen molar-refractivity contribution in [3.8, 4) is 16.8 Å². The summed E-state index contributed by atoms with van der Waals surface area (Å²) in [5, 5.41) is 1.19. The Morgan fingerprint density at radius 2 is 1.20 bits per heavy atom. The first-order chi connectivity index (χ1) is 20.1. The van der Waals surface area contributed by atoms with Crippen LogP contribution in [-0.2, 0) is 5.41 Å². The van der Waals surface area contributed by atoms with E-state index in [0.717, 1.165) is 33.8 Å². The van der Waals surface area contributed by atoms with Gasteiger partial charge in [0.15, 0.2) is 0 Å². The maximum absolute atomic E-state index is 4.87. The normalized spacial score (nSPS) is 13.3. The molecule has 5 aromatic carbocycles. The Hall–Kier alpha value is -5.15. The van der Waals surface area contributed by atoms with Crippen LogP contribution in [0.3, 0.4) is 0 Å². The van der Waals surface area contributed by atoms with Crippen molar-refractivity contribution >= 4 is 39.0 Å². The van der Waals surface area contributed by atoms with Crippen molar-refractivity contribution in [3.05, 3.63) is 151 Å². The van der Waals surface area contributed by atoms with Crippen molar-refractivity contribution in [1.82, 2.24) is 9.55 Å². The van der Waals surface area contributed by atoms with E-state index in [1.807, 2.05) is 12.3 Å². The quantitative estimate of drug-likeness (QED) is 0.227. The van der Waals surface area contributed by atoms with Crippen molar-refractivity contribution in [2.45, 2.75) is 19.3 Å². The highest BCUT2D eigenvalue weighted by Gasteiger charge is 2.36. The second-order valence-corrected chi connectivity index (χ2v) is 11.3. The second kappa shape index (κ2) is 8.94. The van der Waals surface area contributed by atoms with Gasteiger partial charge in [-0.05, 0) is 95.1 Å². The molecule has 0 bridgehead atoms. The molecule has 8 rings (SSSR count). The molecule has 0 atom stereocenters. The summed E-state index contributed by atoms with van der Waals surface area (Å²) in [5.74, 6) is 0. The summed E-state index contributed by atoms with van der Waals surface area (Å²) in [7, 11) is 0. The van der Waals surface area contributed by atoms with E-state index >= 15 is 0 Å². The molecular weight excluding hydrogens is 498 g/mol. The van der Waals surface area contributed by atoms with E-state index < -0.39 is 0 Å². The SMILES string of the molecule is CC1(C)c2ccccc2-c2cc3c(cc21)c1ncccc1n3-c1ccc(N(c2ccccc2)c2ccccc2)cc1. The van der Waals surface area contributed by atoms with Crippen LogP contribution in [-0.4, -0.2) is 9.55 Å². The van der Waals surface area contributed by atoms with Crippen molar-refractivity contribution < 1.29 is 0 Å². The third kappa shape index (κ3) is 3.56. The monoisotopic (exact) mass is 527 g/mol. The Bertz CT molecular complexity index is 2010. The van der Waals surface area contributed by atoms with Gasteiger partial charge in [-0.15, -0.1) is 0 Å². The van der Waals surface area contributed by atoms with Gasteiger partial charge in [0, 0.05) is 39.7 Å². The highest BCUT2D eigenvalue weighted by molar-refractivity contribution is 6.09. The number of rotatable bonds is 4. The summed E-state index contributed by atoms with van der Waals surface area (Å²) in [6.45, 7) is 4.67. The number of pyridine rings is 1. The summed E-state index contributed by atoms with van der Waals surface area (Å²) in [6, 6.07) is 47.8. The van der Waals surface area contributed by atoms with E-state index in [4.69, 9.17) is 4.98 Å². The van der Waals surface area contributed by atoms with Gasteiger partial charge in [-0.25, -0.2) is 0 Å². The summed E-state index contributed by atoms with van der Waals surface area (Å²) in [6.07, 6.45) is 1.90. The van der Waals surface area contributed by atoms with E-state index in [9.17, 15) is 0 Å². The van der Waals surface area contributed by atoms with Crippen LogP contribution in [0.2, 0.25) is 0 Å². The molecule has 0 saturated carbocycles. The van der Waals surface area contributed by atoms with Crippen molar-refractivity contribution in [2.24, 2.45) is 0 Å². The molecule has 1 aliphatic carbocycles. The zero-order valence-corrected chi connectivity index (χ0v) is 23.1. The Kier molecular flexibility index (Phi) is 5.17. The maximum Gasteiger partial charge on any atom is 0.0963 e. The van der Waals surface area contributed by atoms with Crippen molar-refractivity contribution in [1.29, 1.82) is 0 Å². The third-order valence-electron chi connectivity index (χ3n) is 8.62. The lowest BCUT2D eigenvalue weighted by Crippen LogP contribution is -2.14. The van der Waals surface area contributed by atoms with E-state index in [0.29, 0.717) is 0 Å². The third-order valence-corrected chi connectivity index (χ3v) is 8.62. The lowest BCUT2D eigenvalue weighted by atomic mass is 9.82. The van der Waals surface area contributed by atoms with Crippen molar-refractivity contribution in [2.75, 3.05) is 4.90 Å². The summed E-state index contributed by atoms with van der Waals surface area (Å²) >= 11 is 0. The van der Waals surface area contributed by atoms with E-state index in [2.05, 4.69) is 151 Å². The predicted molar refractivity (Wildman–Crippen MR) is 171 cm³/mol. The molecule has 0 spiro atoms. The average molecular weight is 528 g/mol. The van der Waals surface area contributed by atoms with Gasteiger partial charge in [-0.3, -0.25) is 4.98 Å². The van der Waals surface area contributed by atoms with E-state index in [1.165, 1.54) is 33.2 Å². The fraction of sp³-hybridized carbons (Fsp3) is 0.0789. The van der Waals surface area contributed by atoms with Gasteiger partial charge in [0.05, 0.1) is 16.6 Å². The zero-order chi connectivity index (χ0) is 27.6. The molecule has 0 aliphatic heterocycles. The standard InChI is InChI=1S/C38H29N3/c1-38(2)33-17-10-9-16-30(33)31-25-36-32(24-34(31)38)37-35(18-11-23-39-37)41(36)29-21-19-28(20-22-29)40(26-12-5-3-6-13-26)27-14-7-4-8-15-27/h3-25H,1-2H3. The van der Waals surface area contributed by atoms with Gasteiger partial charge in [-0.1, -0.05) is 74.5 Å². The van der Waals surface area contributed by atoms with Gasteiger partial charge >= 0.3 is 0 Å². The molecule has 3 nitrogen and oxygen atoms in total. The number of aromatic nitrogens is 2. The summed E-state index contributed by atoms with van der Waals surface area (Å²) < 4.78 is 2.37. The molecule has 0 radical (unpaired) electrons. The molecule has 41 heavy (non-hydrogen) atoms. The topological polar surface area (TPSA) is 21.1 Å². The van der Waals surface area contributed by atoms with Crippen LogP contribution in [0.5, 0.6) is 0 Å². The molecule has 7 aromatic rings. The molecule has 1 aliphatic rings. The number of hydrogen-bond acceptors (Lipinski definition) is 2. The van der Waals surface area contributed by atoms with Crippen LogP contribution in [0.4, 0.5) is 17.1 Å². The molecule has 2 heterocycles. The highest BCUT2D eigenvalue weighted by atomic mass is 15.1. The number of anilines is 3. The van der Waals surface area contributed by atoms with Crippen LogP contribution in [0.15, 0.2) is 140 Å². The average Bonchev–Trinajstić information content (AvgIpc) is 3.46. The number of fused-ring (bicyclic) bond motifs is 6. The Morgan fingerprint density at radius 3 is 1.90 bits per heavy atom. The molecular formula is C38H29N3. The number of para-hydroxylation sites is 2. The molecule has 0 fully saturated rings. The minimum Gasteiger partial charge on any atom is -0.311 e. The van der Waals surface area contributed by atoms with Crippen LogP contribution in [0, 0.1) is 0 Å². The smallest absolute Gasteiger partial charge is 0.0963 e. The molecule has 0 unspecified atom stereocenters. The molecule has 0 N–H and O–H groups in total. The first-order valence-electron chi connectivity index (χ1n) is 14.2. The van der Waals surface area contributed by atoms with E-state index in [1.54, 1.807) is 0 Å². The molecule has 196 valence electrons. The van der Waals surface area contributed by atoms with Gasteiger partial charge in [0.2, 0.25) is 0 Å². The minimum absolute atomic E-state index is 0.0523. The van der Waals surface area contributed by atoms with Gasteiger partial charge in [0.25, 0.3) is 0 Å². The van der Waals surface area contributed by atoms with Gasteiger partial charge in [0.1, 0.15) is 0 Å². The molecule has 3 heteroatoms. The second-order valence-electron chi connectivity index (χ2n) is 11.3. The maximum atomic E-state index is 4.87.